The Hall–Kier alpha value is -0.890. The average molecular weight is 221 g/mol. The molecule has 0 radical (unpaired) electrons. The first-order valence-electron chi connectivity index (χ1n) is 6.07. The van der Waals surface area contributed by atoms with E-state index < -0.39 is 0 Å². The second kappa shape index (κ2) is 4.54. The van der Waals surface area contributed by atoms with E-state index in [0.717, 1.165) is 6.54 Å². The van der Waals surface area contributed by atoms with Gasteiger partial charge in [-0.2, -0.15) is 0 Å². The van der Waals surface area contributed by atoms with Crippen molar-refractivity contribution in [3.8, 4) is 0 Å². The fraction of sp³-hybridized carbons (Fsp3) is 0.571. The monoisotopic (exact) mass is 221 g/mol. The Labute approximate surface area is 97.1 Å². The van der Waals surface area contributed by atoms with Gasteiger partial charge in [-0.05, 0) is 55.0 Å². The predicted molar refractivity (Wildman–Crippen MR) is 65.1 cm³/mol. The molecule has 1 aromatic carbocycles. The zero-order valence-electron chi connectivity index (χ0n) is 10.3. The summed E-state index contributed by atoms with van der Waals surface area (Å²) in [5, 5.41) is 3.45. The van der Waals surface area contributed by atoms with Crippen molar-refractivity contribution >= 4 is 0 Å². The number of nitrogens with one attached hydrogen (secondary N) is 1. The average Bonchev–Trinajstić information content (AvgIpc) is 2.98. The molecule has 1 aliphatic rings. The Morgan fingerprint density at radius 1 is 1.44 bits per heavy atom. The smallest absolute Gasteiger partial charge is 0.123 e. The van der Waals surface area contributed by atoms with Gasteiger partial charge in [0.1, 0.15) is 5.82 Å². The molecule has 1 N–H and O–H groups in total. The molecule has 2 heteroatoms. The van der Waals surface area contributed by atoms with Crippen molar-refractivity contribution in [2.75, 3.05) is 6.54 Å². The Balaban J connectivity index is 1.97. The lowest BCUT2D eigenvalue weighted by atomic mass is 10.0. The van der Waals surface area contributed by atoms with E-state index in [0.29, 0.717) is 17.9 Å². The minimum atomic E-state index is -0.108. The zero-order chi connectivity index (χ0) is 11.7. The lowest BCUT2D eigenvalue weighted by Gasteiger charge is -2.08. The molecule has 1 nitrogen and oxygen atoms in total. The summed E-state index contributed by atoms with van der Waals surface area (Å²) in [6, 6.07) is 5.67. The van der Waals surface area contributed by atoms with Crippen LogP contribution < -0.4 is 5.32 Å². The molecule has 2 unspecified atom stereocenters. The van der Waals surface area contributed by atoms with Gasteiger partial charge in [-0.3, -0.25) is 0 Å². The molecule has 0 aromatic heterocycles. The third kappa shape index (κ3) is 2.62. The van der Waals surface area contributed by atoms with Crippen molar-refractivity contribution in [2.45, 2.75) is 39.2 Å². The summed E-state index contributed by atoms with van der Waals surface area (Å²) in [6.45, 7) is 7.44. The van der Waals surface area contributed by atoms with Gasteiger partial charge in [0.25, 0.3) is 0 Å². The van der Waals surface area contributed by atoms with E-state index in [-0.39, 0.29) is 5.82 Å². The van der Waals surface area contributed by atoms with E-state index in [4.69, 9.17) is 0 Å². The molecule has 16 heavy (non-hydrogen) atoms. The van der Waals surface area contributed by atoms with Crippen LogP contribution >= 0.6 is 0 Å². The molecule has 1 aromatic rings. The molecule has 88 valence electrons. The minimum absolute atomic E-state index is 0.108. The summed E-state index contributed by atoms with van der Waals surface area (Å²) in [4.78, 5) is 0. The molecule has 1 fully saturated rings. The Morgan fingerprint density at radius 2 is 2.19 bits per heavy atom. The van der Waals surface area contributed by atoms with Crippen LogP contribution in [-0.2, 0) is 0 Å². The fourth-order valence-electron chi connectivity index (χ4n) is 2.25. The number of aryl methyl sites for hydroxylation is 1. The van der Waals surface area contributed by atoms with Crippen LogP contribution in [0.4, 0.5) is 4.39 Å². The molecular weight excluding hydrogens is 201 g/mol. The number of hydrogen-bond donors (Lipinski definition) is 1. The van der Waals surface area contributed by atoms with Crippen LogP contribution in [0.2, 0.25) is 0 Å². The summed E-state index contributed by atoms with van der Waals surface area (Å²) in [5.74, 6) is 1.16. The molecule has 0 aliphatic heterocycles. The summed E-state index contributed by atoms with van der Waals surface area (Å²) < 4.78 is 13.2. The lowest BCUT2D eigenvalue weighted by Crippen LogP contribution is -2.25. The molecule has 0 bridgehead atoms. The maximum absolute atomic E-state index is 13.2. The zero-order valence-corrected chi connectivity index (χ0v) is 10.3. The Bertz CT molecular complexity index is 373. The van der Waals surface area contributed by atoms with E-state index in [1.54, 1.807) is 12.1 Å². The van der Waals surface area contributed by atoms with Crippen LogP contribution in [0.15, 0.2) is 18.2 Å². The molecule has 0 spiro atoms. The molecule has 2 rings (SSSR count). The summed E-state index contributed by atoms with van der Waals surface area (Å²) >= 11 is 0. The van der Waals surface area contributed by atoms with E-state index in [2.05, 4.69) is 26.1 Å². The number of benzene rings is 1. The SMILES string of the molecule is Cc1ccc(F)cc1C1CC1CNC(C)C. The highest BCUT2D eigenvalue weighted by molar-refractivity contribution is 5.34. The maximum Gasteiger partial charge on any atom is 0.123 e. The van der Waals surface area contributed by atoms with Crippen LogP contribution in [0.5, 0.6) is 0 Å². The van der Waals surface area contributed by atoms with Crippen LogP contribution in [0, 0.1) is 18.7 Å². The molecule has 0 saturated heterocycles. The lowest BCUT2D eigenvalue weighted by molar-refractivity contribution is 0.554. The Kier molecular flexibility index (Phi) is 3.29. The third-order valence-electron chi connectivity index (χ3n) is 3.35. The van der Waals surface area contributed by atoms with Crippen molar-refractivity contribution in [3.05, 3.63) is 35.1 Å². The van der Waals surface area contributed by atoms with Gasteiger partial charge in [0, 0.05) is 6.04 Å². The van der Waals surface area contributed by atoms with Crippen LogP contribution in [0.25, 0.3) is 0 Å². The van der Waals surface area contributed by atoms with Crippen molar-refractivity contribution in [1.29, 1.82) is 0 Å². The quantitative estimate of drug-likeness (QED) is 0.823. The minimum Gasteiger partial charge on any atom is -0.314 e. The van der Waals surface area contributed by atoms with Crippen molar-refractivity contribution in [3.63, 3.8) is 0 Å². The first-order valence-corrected chi connectivity index (χ1v) is 6.07. The second-order valence-corrected chi connectivity index (χ2v) is 5.17. The summed E-state index contributed by atoms with van der Waals surface area (Å²) in [7, 11) is 0. The maximum atomic E-state index is 13.2. The summed E-state index contributed by atoms with van der Waals surface area (Å²) in [6.07, 6.45) is 1.20. The predicted octanol–water partition coefficient (Wildman–Crippen LogP) is 3.24. The van der Waals surface area contributed by atoms with Crippen LogP contribution in [-0.4, -0.2) is 12.6 Å². The van der Waals surface area contributed by atoms with Gasteiger partial charge >= 0.3 is 0 Å². The van der Waals surface area contributed by atoms with E-state index in [9.17, 15) is 4.39 Å². The van der Waals surface area contributed by atoms with Crippen molar-refractivity contribution in [2.24, 2.45) is 5.92 Å². The molecule has 0 heterocycles. The number of rotatable bonds is 4. The van der Waals surface area contributed by atoms with Gasteiger partial charge in [-0.15, -0.1) is 0 Å². The van der Waals surface area contributed by atoms with Gasteiger partial charge in [0.2, 0.25) is 0 Å². The highest BCUT2D eigenvalue weighted by Crippen LogP contribution is 2.48. The van der Waals surface area contributed by atoms with Crippen molar-refractivity contribution < 1.29 is 4.39 Å². The van der Waals surface area contributed by atoms with Gasteiger partial charge in [0.15, 0.2) is 0 Å². The summed E-state index contributed by atoms with van der Waals surface area (Å²) in [5.41, 5.74) is 2.43. The van der Waals surface area contributed by atoms with E-state index in [1.165, 1.54) is 17.5 Å². The van der Waals surface area contributed by atoms with Gasteiger partial charge in [0.05, 0.1) is 0 Å². The first kappa shape index (κ1) is 11.6. The van der Waals surface area contributed by atoms with Gasteiger partial charge in [-0.25, -0.2) is 4.39 Å². The molecule has 1 saturated carbocycles. The van der Waals surface area contributed by atoms with Gasteiger partial charge < -0.3 is 5.32 Å². The normalized spacial score (nSPS) is 23.8. The largest absolute Gasteiger partial charge is 0.314 e. The van der Waals surface area contributed by atoms with Crippen molar-refractivity contribution in [1.82, 2.24) is 5.32 Å². The fourth-order valence-corrected chi connectivity index (χ4v) is 2.25. The highest BCUT2D eigenvalue weighted by atomic mass is 19.1. The topological polar surface area (TPSA) is 12.0 Å². The van der Waals surface area contributed by atoms with E-state index in [1.807, 2.05) is 6.07 Å². The Morgan fingerprint density at radius 3 is 2.88 bits per heavy atom. The first-order chi connectivity index (χ1) is 7.58. The number of hydrogen-bond acceptors (Lipinski definition) is 1. The molecule has 2 atom stereocenters. The number of halogens is 1. The molecular formula is C14H20FN. The standard InChI is InChI=1S/C14H20FN/c1-9(2)16-8-11-6-14(11)13-7-12(15)5-4-10(13)3/h4-5,7,9,11,14,16H,6,8H2,1-3H3. The third-order valence-corrected chi connectivity index (χ3v) is 3.35. The molecule has 0 amide bonds. The van der Waals surface area contributed by atoms with Crippen LogP contribution in [0.1, 0.15) is 37.3 Å². The highest BCUT2D eigenvalue weighted by Gasteiger charge is 2.38. The second-order valence-electron chi connectivity index (χ2n) is 5.17. The molecule has 1 aliphatic carbocycles. The van der Waals surface area contributed by atoms with E-state index >= 15 is 0 Å². The van der Waals surface area contributed by atoms with Gasteiger partial charge in [-0.1, -0.05) is 19.9 Å². The van der Waals surface area contributed by atoms with Crippen LogP contribution in [0.3, 0.4) is 0 Å².